The highest BCUT2D eigenvalue weighted by molar-refractivity contribution is 6.10. The number of rotatable bonds is 2. The van der Waals surface area contributed by atoms with Crippen molar-refractivity contribution in [1.82, 2.24) is 0 Å². The Morgan fingerprint density at radius 2 is 2.07 bits per heavy atom. The van der Waals surface area contributed by atoms with Crippen LogP contribution in [0.5, 0.6) is 5.75 Å². The first kappa shape index (κ1) is 10.8. The summed E-state index contributed by atoms with van der Waals surface area (Å²) >= 11 is 0. The minimum absolute atomic E-state index is 0.111. The summed E-state index contributed by atoms with van der Waals surface area (Å²) in [7, 11) is 3.35. The van der Waals surface area contributed by atoms with Crippen molar-refractivity contribution in [3.63, 3.8) is 0 Å². The van der Waals surface area contributed by atoms with E-state index in [1.807, 2.05) is 6.92 Å². The molecular weight excluding hydrogens is 194 g/mol. The van der Waals surface area contributed by atoms with Gasteiger partial charge in [-0.2, -0.15) is 0 Å². The Morgan fingerprint density at radius 3 is 2.50 bits per heavy atom. The van der Waals surface area contributed by atoms with E-state index in [1.165, 1.54) is 6.07 Å². The third-order valence-electron chi connectivity index (χ3n) is 2.45. The number of phenols is 1. The van der Waals surface area contributed by atoms with E-state index in [4.69, 9.17) is 5.73 Å². The Hall–Kier alpha value is -1.29. The van der Waals surface area contributed by atoms with Gasteiger partial charge < -0.3 is 10.8 Å². The SMILES string of the molecule is Cc1c(O)cc(C(N)=O)c(C[Si])c1C. The zero-order valence-corrected chi connectivity index (χ0v) is 9.22. The standard InChI is InChI=1S/C10H12NO2Si/c1-5-6(2)9(12)3-7(10(11)13)8(5)4-14/h3,12H,4H2,1-2H3,(H2,11,13). The fraction of sp³-hybridized carbons (Fsp3) is 0.300. The van der Waals surface area contributed by atoms with Crippen LogP contribution in [-0.4, -0.2) is 21.3 Å². The minimum Gasteiger partial charge on any atom is -0.508 e. The van der Waals surface area contributed by atoms with Gasteiger partial charge in [0, 0.05) is 15.8 Å². The van der Waals surface area contributed by atoms with E-state index in [-0.39, 0.29) is 5.75 Å². The molecule has 1 aromatic rings. The topological polar surface area (TPSA) is 63.3 Å². The Kier molecular flexibility index (Phi) is 2.95. The molecule has 4 heteroatoms. The highest BCUT2D eigenvalue weighted by Crippen LogP contribution is 2.26. The minimum atomic E-state index is -0.517. The maximum atomic E-state index is 11.1. The van der Waals surface area contributed by atoms with Gasteiger partial charge in [-0.25, -0.2) is 0 Å². The molecule has 0 bridgehead atoms. The second-order valence-corrected chi connectivity index (χ2v) is 3.57. The monoisotopic (exact) mass is 206 g/mol. The number of phenolic OH excluding ortho intramolecular Hbond substituents is 1. The smallest absolute Gasteiger partial charge is 0.249 e. The van der Waals surface area contributed by atoms with E-state index in [9.17, 15) is 9.90 Å². The lowest BCUT2D eigenvalue weighted by Crippen LogP contribution is -2.15. The van der Waals surface area contributed by atoms with Gasteiger partial charge in [0.2, 0.25) is 5.91 Å². The summed E-state index contributed by atoms with van der Waals surface area (Å²) in [6.45, 7) is 3.66. The summed E-state index contributed by atoms with van der Waals surface area (Å²) in [5.74, 6) is -0.406. The molecule has 1 amide bonds. The summed E-state index contributed by atoms with van der Waals surface area (Å²) in [5.41, 5.74) is 8.10. The fourth-order valence-electron chi connectivity index (χ4n) is 1.40. The van der Waals surface area contributed by atoms with E-state index in [0.717, 1.165) is 16.7 Å². The van der Waals surface area contributed by atoms with Crippen molar-refractivity contribution in [3.05, 3.63) is 28.3 Å². The van der Waals surface area contributed by atoms with E-state index >= 15 is 0 Å². The number of nitrogens with two attached hydrogens (primary N) is 1. The lowest BCUT2D eigenvalue weighted by atomic mass is 9.97. The number of amides is 1. The Balaban J connectivity index is 3.51. The first-order chi connectivity index (χ1) is 6.49. The van der Waals surface area contributed by atoms with E-state index in [1.54, 1.807) is 6.92 Å². The van der Waals surface area contributed by atoms with Crippen molar-refractivity contribution in [1.29, 1.82) is 0 Å². The molecule has 1 rings (SSSR count). The number of carbonyl (C=O) groups is 1. The van der Waals surface area contributed by atoms with Crippen LogP contribution in [0.2, 0.25) is 0 Å². The molecule has 0 aliphatic heterocycles. The largest absolute Gasteiger partial charge is 0.508 e. The highest BCUT2D eigenvalue weighted by atomic mass is 28.1. The maximum Gasteiger partial charge on any atom is 0.249 e. The predicted molar refractivity (Wildman–Crippen MR) is 55.6 cm³/mol. The van der Waals surface area contributed by atoms with Crippen molar-refractivity contribution in [3.8, 4) is 5.75 Å². The van der Waals surface area contributed by atoms with Gasteiger partial charge in [0.25, 0.3) is 0 Å². The van der Waals surface area contributed by atoms with Gasteiger partial charge in [0.15, 0.2) is 0 Å². The molecule has 3 radical (unpaired) electrons. The lowest BCUT2D eigenvalue weighted by molar-refractivity contribution is 0.0999. The molecule has 0 aromatic heterocycles. The summed E-state index contributed by atoms with van der Waals surface area (Å²) in [4.78, 5) is 11.1. The summed E-state index contributed by atoms with van der Waals surface area (Å²) in [6, 6.07) is 1.96. The molecule has 0 unspecified atom stereocenters. The molecule has 14 heavy (non-hydrogen) atoms. The second-order valence-electron chi connectivity index (χ2n) is 3.21. The normalized spacial score (nSPS) is 10.2. The van der Waals surface area contributed by atoms with Crippen LogP contribution in [0.25, 0.3) is 0 Å². The Morgan fingerprint density at radius 1 is 1.50 bits per heavy atom. The quantitative estimate of drug-likeness (QED) is 0.702. The number of primary amides is 1. The van der Waals surface area contributed by atoms with Crippen molar-refractivity contribution in [2.45, 2.75) is 19.9 Å². The zero-order chi connectivity index (χ0) is 10.9. The molecule has 0 saturated heterocycles. The van der Waals surface area contributed by atoms with Gasteiger partial charge in [-0.3, -0.25) is 4.79 Å². The van der Waals surface area contributed by atoms with Crippen molar-refractivity contribution >= 4 is 16.1 Å². The van der Waals surface area contributed by atoms with Crippen LogP contribution >= 0.6 is 0 Å². The van der Waals surface area contributed by atoms with Crippen LogP contribution in [0.3, 0.4) is 0 Å². The number of carbonyl (C=O) groups excluding carboxylic acids is 1. The molecule has 0 atom stereocenters. The molecule has 3 N–H and O–H groups in total. The first-order valence-electron chi connectivity index (χ1n) is 4.25. The van der Waals surface area contributed by atoms with Crippen molar-refractivity contribution in [2.75, 3.05) is 0 Å². The van der Waals surface area contributed by atoms with Crippen LogP contribution in [-0.2, 0) is 6.04 Å². The fourth-order valence-corrected chi connectivity index (χ4v) is 1.86. The molecule has 3 nitrogen and oxygen atoms in total. The molecule has 0 aliphatic rings. The predicted octanol–water partition coefficient (Wildman–Crippen LogP) is 0.776. The summed E-state index contributed by atoms with van der Waals surface area (Å²) < 4.78 is 0. The molecule has 0 heterocycles. The Bertz CT molecular complexity index is 388. The van der Waals surface area contributed by atoms with Crippen LogP contribution in [0.4, 0.5) is 0 Å². The summed E-state index contributed by atoms with van der Waals surface area (Å²) in [6.07, 6.45) is 0. The molecule has 0 fully saturated rings. The van der Waals surface area contributed by atoms with E-state index in [0.29, 0.717) is 11.6 Å². The highest BCUT2D eigenvalue weighted by Gasteiger charge is 2.13. The Labute approximate surface area is 86.4 Å². The number of hydrogen-bond acceptors (Lipinski definition) is 2. The van der Waals surface area contributed by atoms with Gasteiger partial charge >= 0.3 is 0 Å². The molecular formula is C10H12NO2Si. The van der Waals surface area contributed by atoms with E-state index in [2.05, 4.69) is 10.2 Å². The molecule has 0 spiro atoms. The first-order valence-corrected chi connectivity index (χ1v) is 4.96. The molecule has 0 saturated carbocycles. The van der Waals surface area contributed by atoms with Gasteiger partial charge in [-0.1, -0.05) is 0 Å². The zero-order valence-electron chi connectivity index (χ0n) is 8.22. The van der Waals surface area contributed by atoms with Crippen molar-refractivity contribution < 1.29 is 9.90 Å². The molecule has 73 valence electrons. The van der Waals surface area contributed by atoms with Gasteiger partial charge in [0.1, 0.15) is 5.75 Å². The average Bonchev–Trinajstić information content (AvgIpc) is 2.13. The van der Waals surface area contributed by atoms with Gasteiger partial charge in [-0.05, 0) is 42.6 Å². The molecule has 1 aromatic carbocycles. The number of hydrogen-bond donors (Lipinski definition) is 2. The summed E-state index contributed by atoms with van der Waals surface area (Å²) in [5, 5.41) is 9.53. The van der Waals surface area contributed by atoms with Crippen LogP contribution < -0.4 is 5.73 Å². The van der Waals surface area contributed by atoms with Crippen molar-refractivity contribution in [2.24, 2.45) is 5.73 Å². The third kappa shape index (κ3) is 1.65. The lowest BCUT2D eigenvalue weighted by Gasteiger charge is -2.12. The van der Waals surface area contributed by atoms with E-state index < -0.39 is 5.91 Å². The van der Waals surface area contributed by atoms with Crippen LogP contribution in [0.1, 0.15) is 27.0 Å². The third-order valence-corrected chi connectivity index (χ3v) is 2.80. The van der Waals surface area contributed by atoms with Crippen LogP contribution in [0.15, 0.2) is 6.07 Å². The second kappa shape index (κ2) is 3.83. The average molecular weight is 206 g/mol. The number of benzene rings is 1. The van der Waals surface area contributed by atoms with Crippen LogP contribution in [0, 0.1) is 13.8 Å². The number of aromatic hydroxyl groups is 1. The van der Waals surface area contributed by atoms with Gasteiger partial charge in [0.05, 0.1) is 0 Å². The maximum absolute atomic E-state index is 11.1. The van der Waals surface area contributed by atoms with Gasteiger partial charge in [-0.15, -0.1) is 0 Å². The molecule has 0 aliphatic carbocycles.